The number of nitrogens with zero attached hydrogens (tertiary/aromatic N) is 3. The summed E-state index contributed by atoms with van der Waals surface area (Å²) in [6.07, 6.45) is 5.88. The van der Waals surface area contributed by atoms with Crippen LogP contribution in [0.5, 0.6) is 0 Å². The number of hydrogen-bond acceptors (Lipinski definition) is 5. The van der Waals surface area contributed by atoms with Crippen LogP contribution in [0.1, 0.15) is 35.5 Å². The second-order valence-electron chi connectivity index (χ2n) is 5.01. The quantitative estimate of drug-likeness (QED) is 0.785. The zero-order chi connectivity index (χ0) is 14.7. The molecule has 108 valence electrons. The highest BCUT2D eigenvalue weighted by molar-refractivity contribution is 7.05. The van der Waals surface area contributed by atoms with Gasteiger partial charge in [0.05, 0.1) is 16.6 Å². The highest BCUT2D eigenvalue weighted by atomic mass is 32.1. The largest absolute Gasteiger partial charge is 0.308 e. The van der Waals surface area contributed by atoms with Gasteiger partial charge < -0.3 is 5.32 Å². The van der Waals surface area contributed by atoms with Crippen molar-refractivity contribution in [3.05, 3.63) is 52.8 Å². The summed E-state index contributed by atoms with van der Waals surface area (Å²) < 4.78 is 4.15. The fourth-order valence-electron chi connectivity index (χ4n) is 2.64. The van der Waals surface area contributed by atoms with E-state index in [-0.39, 0.29) is 6.04 Å². The van der Waals surface area contributed by atoms with E-state index in [1.807, 2.05) is 25.5 Å². The van der Waals surface area contributed by atoms with Gasteiger partial charge in [0.1, 0.15) is 0 Å². The molecule has 2 heterocycles. The third kappa shape index (κ3) is 2.66. The molecule has 0 aliphatic heterocycles. The summed E-state index contributed by atoms with van der Waals surface area (Å²) in [6, 6.07) is 8.43. The van der Waals surface area contributed by atoms with Crippen molar-refractivity contribution in [3.8, 4) is 0 Å². The standard InChI is InChI=1S/C16H18N4S/c1-3-6-14-16(21-20-19-14)15(17-2)13-10-18-9-11-7-4-5-8-12(11)13/h4-5,7-10,15,17H,3,6H2,1-2H3. The molecule has 1 unspecified atom stereocenters. The van der Waals surface area contributed by atoms with E-state index < -0.39 is 0 Å². The van der Waals surface area contributed by atoms with Crippen LogP contribution in [0, 0.1) is 0 Å². The minimum absolute atomic E-state index is 0.0881. The van der Waals surface area contributed by atoms with Crippen molar-refractivity contribution in [2.75, 3.05) is 7.05 Å². The fraction of sp³-hybridized carbons (Fsp3) is 0.312. The van der Waals surface area contributed by atoms with E-state index in [0.717, 1.165) is 23.9 Å². The van der Waals surface area contributed by atoms with Gasteiger partial charge in [0.15, 0.2) is 0 Å². The molecule has 0 spiro atoms. The second kappa shape index (κ2) is 6.28. The molecule has 21 heavy (non-hydrogen) atoms. The van der Waals surface area contributed by atoms with Crippen LogP contribution in [0.4, 0.5) is 0 Å². The van der Waals surface area contributed by atoms with Gasteiger partial charge in [-0.1, -0.05) is 42.1 Å². The Bertz CT molecular complexity index is 732. The lowest BCUT2D eigenvalue weighted by molar-refractivity contribution is 0.690. The molecule has 0 radical (unpaired) electrons. The van der Waals surface area contributed by atoms with Crippen molar-refractivity contribution in [3.63, 3.8) is 0 Å². The molecule has 1 N–H and O–H groups in total. The molecule has 2 aromatic heterocycles. The first-order valence-corrected chi connectivity index (χ1v) is 7.93. The van der Waals surface area contributed by atoms with E-state index in [1.165, 1.54) is 27.4 Å². The molecule has 3 aromatic rings. The minimum atomic E-state index is 0.0881. The van der Waals surface area contributed by atoms with Gasteiger partial charge >= 0.3 is 0 Å². The maximum atomic E-state index is 4.39. The number of aryl methyl sites for hydroxylation is 1. The average Bonchev–Trinajstić information content (AvgIpc) is 2.97. The van der Waals surface area contributed by atoms with Crippen molar-refractivity contribution < 1.29 is 0 Å². The van der Waals surface area contributed by atoms with Gasteiger partial charge in [-0.05, 0) is 30.4 Å². The van der Waals surface area contributed by atoms with Crippen molar-refractivity contribution in [1.82, 2.24) is 19.9 Å². The molecule has 4 nitrogen and oxygen atoms in total. The number of nitrogens with one attached hydrogen (secondary N) is 1. The summed E-state index contributed by atoms with van der Waals surface area (Å²) in [5, 5.41) is 10.1. The lowest BCUT2D eigenvalue weighted by Gasteiger charge is -2.17. The number of rotatable bonds is 5. The Labute approximate surface area is 128 Å². The first-order valence-electron chi connectivity index (χ1n) is 7.16. The third-order valence-corrected chi connectivity index (χ3v) is 4.46. The van der Waals surface area contributed by atoms with Crippen LogP contribution in [0.3, 0.4) is 0 Å². The van der Waals surface area contributed by atoms with E-state index >= 15 is 0 Å². The van der Waals surface area contributed by atoms with E-state index in [2.05, 4.69) is 45.0 Å². The molecule has 0 bridgehead atoms. The fourth-order valence-corrected chi connectivity index (χ4v) is 3.47. The summed E-state index contributed by atoms with van der Waals surface area (Å²) in [6.45, 7) is 2.16. The third-order valence-electron chi connectivity index (χ3n) is 3.63. The zero-order valence-electron chi connectivity index (χ0n) is 12.2. The lowest BCUT2D eigenvalue weighted by atomic mass is 9.99. The van der Waals surface area contributed by atoms with Crippen molar-refractivity contribution in [2.24, 2.45) is 0 Å². The maximum absolute atomic E-state index is 4.39. The van der Waals surface area contributed by atoms with Gasteiger partial charge in [-0.15, -0.1) is 5.10 Å². The highest BCUT2D eigenvalue weighted by Gasteiger charge is 2.21. The van der Waals surface area contributed by atoms with Crippen molar-refractivity contribution in [2.45, 2.75) is 25.8 Å². The topological polar surface area (TPSA) is 50.7 Å². The number of hydrogen-bond donors (Lipinski definition) is 1. The molecule has 0 aliphatic rings. The zero-order valence-corrected chi connectivity index (χ0v) is 13.0. The van der Waals surface area contributed by atoms with Crippen LogP contribution < -0.4 is 5.32 Å². The van der Waals surface area contributed by atoms with Crippen LogP contribution in [0.2, 0.25) is 0 Å². The summed E-state index contributed by atoms with van der Waals surface area (Å²) in [4.78, 5) is 5.58. The van der Waals surface area contributed by atoms with Crippen LogP contribution >= 0.6 is 11.5 Å². The van der Waals surface area contributed by atoms with E-state index in [4.69, 9.17) is 0 Å². The van der Waals surface area contributed by atoms with E-state index in [0.29, 0.717) is 0 Å². The molecule has 0 fully saturated rings. The van der Waals surface area contributed by atoms with Gasteiger partial charge in [-0.3, -0.25) is 4.98 Å². The first-order chi connectivity index (χ1) is 10.3. The molecule has 5 heteroatoms. The average molecular weight is 298 g/mol. The van der Waals surface area contributed by atoms with Crippen LogP contribution in [-0.2, 0) is 6.42 Å². The van der Waals surface area contributed by atoms with Crippen molar-refractivity contribution in [1.29, 1.82) is 0 Å². The number of pyridine rings is 1. The molecular weight excluding hydrogens is 280 g/mol. The highest BCUT2D eigenvalue weighted by Crippen LogP contribution is 2.31. The Balaban J connectivity index is 2.12. The Morgan fingerprint density at radius 1 is 1.24 bits per heavy atom. The molecular formula is C16H18N4S. The predicted octanol–water partition coefficient (Wildman–Crippen LogP) is 3.35. The lowest BCUT2D eigenvalue weighted by Crippen LogP contribution is -2.18. The normalized spacial score (nSPS) is 12.7. The Morgan fingerprint density at radius 2 is 2.10 bits per heavy atom. The van der Waals surface area contributed by atoms with E-state index in [1.54, 1.807) is 0 Å². The Hall–Kier alpha value is -1.85. The van der Waals surface area contributed by atoms with Crippen LogP contribution in [0.25, 0.3) is 10.8 Å². The van der Waals surface area contributed by atoms with Gasteiger partial charge in [0, 0.05) is 23.3 Å². The molecule has 0 saturated heterocycles. The number of benzene rings is 1. The van der Waals surface area contributed by atoms with Gasteiger partial charge in [-0.2, -0.15) is 0 Å². The Kier molecular flexibility index (Phi) is 4.22. The first kappa shape index (κ1) is 14.1. The minimum Gasteiger partial charge on any atom is -0.308 e. The summed E-state index contributed by atoms with van der Waals surface area (Å²) in [7, 11) is 1.97. The summed E-state index contributed by atoms with van der Waals surface area (Å²) in [5.41, 5.74) is 2.27. The van der Waals surface area contributed by atoms with Gasteiger partial charge in [0.25, 0.3) is 0 Å². The molecule has 0 aliphatic carbocycles. The van der Waals surface area contributed by atoms with Crippen molar-refractivity contribution >= 4 is 22.3 Å². The molecule has 0 amide bonds. The molecule has 0 saturated carbocycles. The maximum Gasteiger partial charge on any atom is 0.0807 e. The van der Waals surface area contributed by atoms with Gasteiger partial charge in [0.2, 0.25) is 0 Å². The summed E-state index contributed by atoms with van der Waals surface area (Å²) in [5.74, 6) is 0. The van der Waals surface area contributed by atoms with Crippen LogP contribution in [0.15, 0.2) is 36.7 Å². The Morgan fingerprint density at radius 3 is 2.90 bits per heavy atom. The second-order valence-corrected chi connectivity index (χ2v) is 5.79. The molecule has 1 atom stereocenters. The van der Waals surface area contributed by atoms with E-state index in [9.17, 15) is 0 Å². The predicted molar refractivity (Wildman–Crippen MR) is 86.5 cm³/mol. The monoisotopic (exact) mass is 298 g/mol. The molecule has 3 rings (SSSR count). The number of fused-ring (bicyclic) bond motifs is 1. The van der Waals surface area contributed by atoms with Gasteiger partial charge in [-0.25, -0.2) is 0 Å². The molecule has 1 aromatic carbocycles. The summed E-state index contributed by atoms with van der Waals surface area (Å²) >= 11 is 1.47. The SMILES string of the molecule is CCCc1nnsc1C(NC)c1cncc2ccccc12. The number of aromatic nitrogens is 3. The van der Waals surface area contributed by atoms with Crippen LogP contribution in [-0.4, -0.2) is 21.6 Å². The smallest absolute Gasteiger partial charge is 0.0807 e.